The van der Waals surface area contributed by atoms with Gasteiger partial charge in [0.15, 0.2) is 17.3 Å². The number of anilines is 3. The van der Waals surface area contributed by atoms with Crippen molar-refractivity contribution in [3.8, 4) is 11.5 Å². The average Bonchev–Trinajstić information content (AvgIpc) is 2.86. The Bertz CT molecular complexity index is 1190. The molecule has 36 heavy (non-hydrogen) atoms. The lowest BCUT2D eigenvalue weighted by Crippen LogP contribution is -2.41. The van der Waals surface area contributed by atoms with Crippen molar-refractivity contribution in [2.75, 3.05) is 29.9 Å². The summed E-state index contributed by atoms with van der Waals surface area (Å²) in [5.74, 6) is 2.57. The molecular weight excluding hydrogens is 458 g/mol. The first-order chi connectivity index (χ1) is 17.3. The van der Waals surface area contributed by atoms with Gasteiger partial charge in [-0.15, -0.1) is 0 Å². The second kappa shape index (κ2) is 11.2. The molecule has 3 heterocycles. The Morgan fingerprint density at radius 2 is 1.92 bits per heavy atom. The second-order valence-electron chi connectivity index (χ2n) is 9.48. The number of carboxylic acids is 1. The van der Waals surface area contributed by atoms with E-state index in [1.54, 1.807) is 26.2 Å². The Morgan fingerprint density at radius 3 is 2.69 bits per heavy atom. The summed E-state index contributed by atoms with van der Waals surface area (Å²) >= 11 is 0. The highest BCUT2D eigenvalue weighted by atomic mass is 16.5. The van der Waals surface area contributed by atoms with Crippen molar-refractivity contribution >= 4 is 23.4 Å². The Hall–Kier alpha value is -3.88. The van der Waals surface area contributed by atoms with E-state index in [1.165, 1.54) is 0 Å². The van der Waals surface area contributed by atoms with Gasteiger partial charge in [-0.1, -0.05) is 18.2 Å². The van der Waals surface area contributed by atoms with Crippen LogP contribution in [-0.4, -0.2) is 51.8 Å². The minimum Gasteiger partial charge on any atom is -0.490 e. The lowest BCUT2D eigenvalue weighted by atomic mass is 9.88. The number of carbonyl (C=O) groups is 1. The Kier molecular flexibility index (Phi) is 7.87. The van der Waals surface area contributed by atoms with Crippen LogP contribution < -0.4 is 19.7 Å². The largest absolute Gasteiger partial charge is 0.490 e. The fourth-order valence-corrected chi connectivity index (χ4v) is 4.12. The molecule has 2 N–H and O–H groups in total. The van der Waals surface area contributed by atoms with E-state index in [4.69, 9.17) is 14.5 Å². The normalized spacial score (nSPS) is 15.9. The predicted octanol–water partition coefficient (Wildman–Crippen LogP) is 4.72. The Labute approximate surface area is 211 Å². The highest BCUT2D eigenvalue weighted by molar-refractivity contribution is 5.74. The Morgan fingerprint density at radius 1 is 1.11 bits per heavy atom. The highest BCUT2D eigenvalue weighted by Crippen LogP contribution is 2.30. The standard InChI is InChI=1S/C27H33N5O4/c1-4-35-21-11-5-6-12-22(21)36-20-10-8-14-32(18-20)25-17-28-16-24(31-25)30-23-13-7-9-19(29-23)15-27(2,3)26(33)34/h5-7,9,11-13,16-17,20H,4,8,10,14-15,18H2,1-3H3,(H,33,34)(H,29,30,31). The van der Waals surface area contributed by atoms with Crippen molar-refractivity contribution in [2.24, 2.45) is 5.41 Å². The zero-order valence-corrected chi connectivity index (χ0v) is 21.0. The molecule has 1 unspecified atom stereocenters. The summed E-state index contributed by atoms with van der Waals surface area (Å²) in [4.78, 5) is 27.4. The zero-order valence-electron chi connectivity index (χ0n) is 21.0. The van der Waals surface area contributed by atoms with E-state index in [0.29, 0.717) is 36.9 Å². The summed E-state index contributed by atoms with van der Waals surface area (Å²) in [6.07, 6.45) is 5.66. The van der Waals surface area contributed by atoms with Crippen LogP contribution in [0.15, 0.2) is 54.9 Å². The number of hydrogen-bond acceptors (Lipinski definition) is 8. The second-order valence-corrected chi connectivity index (χ2v) is 9.48. The summed E-state index contributed by atoms with van der Waals surface area (Å²) in [5.41, 5.74) is -0.207. The third-order valence-electron chi connectivity index (χ3n) is 6.03. The fraction of sp³-hybridized carbons (Fsp3) is 0.407. The molecule has 0 bridgehead atoms. The van der Waals surface area contributed by atoms with E-state index in [1.807, 2.05) is 49.4 Å². The van der Waals surface area contributed by atoms with E-state index < -0.39 is 11.4 Å². The molecule has 0 spiro atoms. The molecule has 1 aliphatic heterocycles. The maximum absolute atomic E-state index is 11.5. The number of piperidine rings is 1. The summed E-state index contributed by atoms with van der Waals surface area (Å²) in [6, 6.07) is 13.3. The molecule has 9 nitrogen and oxygen atoms in total. The third-order valence-corrected chi connectivity index (χ3v) is 6.03. The molecular formula is C27H33N5O4. The van der Waals surface area contributed by atoms with Crippen molar-refractivity contribution in [3.05, 3.63) is 60.6 Å². The van der Waals surface area contributed by atoms with E-state index in [9.17, 15) is 9.90 Å². The van der Waals surface area contributed by atoms with Crippen molar-refractivity contribution in [3.63, 3.8) is 0 Å². The maximum atomic E-state index is 11.5. The van der Waals surface area contributed by atoms with Crippen molar-refractivity contribution in [1.82, 2.24) is 15.0 Å². The van der Waals surface area contributed by atoms with Gasteiger partial charge >= 0.3 is 5.97 Å². The highest BCUT2D eigenvalue weighted by Gasteiger charge is 2.28. The summed E-state index contributed by atoms with van der Waals surface area (Å²) in [6.45, 7) is 7.48. The molecule has 0 saturated carbocycles. The van der Waals surface area contributed by atoms with Crippen LogP contribution >= 0.6 is 0 Å². The van der Waals surface area contributed by atoms with E-state index in [-0.39, 0.29) is 6.10 Å². The van der Waals surface area contributed by atoms with Crippen molar-refractivity contribution in [2.45, 2.75) is 46.1 Å². The SMILES string of the molecule is CCOc1ccccc1OC1CCCN(c2cncc(Nc3cccc(CC(C)(C)C(=O)O)n3)n2)C1. The van der Waals surface area contributed by atoms with Gasteiger partial charge in [-0.25, -0.2) is 9.97 Å². The first-order valence-electron chi connectivity index (χ1n) is 12.3. The molecule has 1 saturated heterocycles. The molecule has 0 amide bonds. The lowest BCUT2D eigenvalue weighted by molar-refractivity contribution is -0.146. The number of carboxylic acid groups (broad SMARTS) is 1. The number of rotatable bonds is 10. The topological polar surface area (TPSA) is 110 Å². The van der Waals surface area contributed by atoms with Crippen LogP contribution in [0.5, 0.6) is 11.5 Å². The van der Waals surface area contributed by atoms with Crippen LogP contribution in [0.25, 0.3) is 0 Å². The molecule has 1 atom stereocenters. The summed E-state index contributed by atoms with van der Waals surface area (Å²) in [5, 5.41) is 12.6. The van der Waals surface area contributed by atoms with Gasteiger partial charge in [0.2, 0.25) is 0 Å². The number of nitrogens with one attached hydrogen (secondary N) is 1. The lowest BCUT2D eigenvalue weighted by Gasteiger charge is -2.33. The van der Waals surface area contributed by atoms with Crippen LogP contribution in [-0.2, 0) is 11.2 Å². The van der Waals surface area contributed by atoms with Crippen LogP contribution in [0.1, 0.15) is 39.3 Å². The van der Waals surface area contributed by atoms with Crippen molar-refractivity contribution in [1.29, 1.82) is 0 Å². The molecule has 9 heteroatoms. The van der Waals surface area contributed by atoms with Crippen molar-refractivity contribution < 1.29 is 19.4 Å². The van der Waals surface area contributed by atoms with Crippen LogP contribution in [0, 0.1) is 5.41 Å². The van der Waals surface area contributed by atoms with E-state index in [0.717, 1.165) is 36.7 Å². The van der Waals surface area contributed by atoms with Gasteiger partial charge in [0.1, 0.15) is 17.7 Å². The first-order valence-corrected chi connectivity index (χ1v) is 12.3. The predicted molar refractivity (Wildman–Crippen MR) is 138 cm³/mol. The van der Waals surface area contributed by atoms with Gasteiger partial charge in [0, 0.05) is 18.7 Å². The number of benzene rings is 1. The molecule has 1 aromatic carbocycles. The van der Waals surface area contributed by atoms with Gasteiger partial charge in [-0.2, -0.15) is 0 Å². The molecule has 2 aromatic heterocycles. The van der Waals surface area contributed by atoms with Gasteiger partial charge in [0.25, 0.3) is 0 Å². The zero-order chi connectivity index (χ0) is 25.5. The summed E-state index contributed by atoms with van der Waals surface area (Å²) < 4.78 is 12.0. The number of pyridine rings is 1. The maximum Gasteiger partial charge on any atom is 0.309 e. The van der Waals surface area contributed by atoms with Gasteiger partial charge in [-0.3, -0.25) is 9.78 Å². The van der Waals surface area contributed by atoms with Gasteiger partial charge < -0.3 is 24.8 Å². The minimum atomic E-state index is -0.901. The number of ether oxygens (including phenoxy) is 2. The van der Waals surface area contributed by atoms with E-state index in [2.05, 4.69) is 20.2 Å². The molecule has 0 radical (unpaired) electrons. The summed E-state index contributed by atoms with van der Waals surface area (Å²) in [7, 11) is 0. The first kappa shape index (κ1) is 25.2. The number of aliphatic carboxylic acids is 1. The molecule has 4 rings (SSSR count). The van der Waals surface area contributed by atoms with Gasteiger partial charge in [-0.05, 0) is 57.9 Å². The number of hydrogen-bond donors (Lipinski definition) is 2. The molecule has 3 aromatic rings. The monoisotopic (exact) mass is 491 g/mol. The van der Waals surface area contributed by atoms with E-state index >= 15 is 0 Å². The molecule has 1 fully saturated rings. The van der Waals surface area contributed by atoms with Crippen LogP contribution in [0.4, 0.5) is 17.5 Å². The molecule has 0 aliphatic carbocycles. The smallest absolute Gasteiger partial charge is 0.309 e. The average molecular weight is 492 g/mol. The third kappa shape index (κ3) is 6.41. The fourth-order valence-electron chi connectivity index (χ4n) is 4.12. The molecule has 1 aliphatic rings. The minimum absolute atomic E-state index is 0.00899. The van der Waals surface area contributed by atoms with Crippen LogP contribution in [0.3, 0.4) is 0 Å². The number of aromatic nitrogens is 3. The number of para-hydroxylation sites is 2. The molecule has 190 valence electrons. The van der Waals surface area contributed by atoms with Crippen LogP contribution in [0.2, 0.25) is 0 Å². The number of nitrogens with zero attached hydrogens (tertiary/aromatic N) is 4. The Balaban J connectivity index is 1.43. The quantitative estimate of drug-likeness (QED) is 0.416. The van der Waals surface area contributed by atoms with Gasteiger partial charge in [0.05, 0.1) is 31.0 Å².